The maximum atomic E-state index is 6.89. The number of hydrogen-bond donors (Lipinski definition) is 0. The molecular formula is C22H26OSSi. The molecule has 0 saturated carbocycles. The van der Waals surface area contributed by atoms with Crippen LogP contribution in [0.1, 0.15) is 25.6 Å². The van der Waals surface area contributed by atoms with Crippen molar-refractivity contribution in [2.24, 2.45) is 0 Å². The largest absolute Gasteiger partial charge is 0.407 e. The van der Waals surface area contributed by atoms with Crippen molar-refractivity contribution in [3.05, 3.63) is 83.1 Å². The predicted octanol–water partition coefficient (Wildman–Crippen LogP) is 4.87. The zero-order chi connectivity index (χ0) is 17.8. The SMILES string of the molecule is CC(C)(C)[Si](OCCc1cccs1)(c1ccccc1)c1ccccc1. The van der Waals surface area contributed by atoms with Gasteiger partial charge in [0, 0.05) is 17.9 Å². The molecule has 2 aromatic carbocycles. The molecule has 1 heterocycles. The third kappa shape index (κ3) is 3.79. The lowest BCUT2D eigenvalue weighted by Crippen LogP contribution is -2.66. The van der Waals surface area contributed by atoms with Crippen molar-refractivity contribution in [2.45, 2.75) is 32.2 Å². The van der Waals surface area contributed by atoms with Gasteiger partial charge in [-0.05, 0) is 26.9 Å². The second kappa shape index (κ2) is 7.69. The van der Waals surface area contributed by atoms with Gasteiger partial charge in [-0.25, -0.2) is 0 Å². The quantitative estimate of drug-likeness (QED) is 0.566. The minimum atomic E-state index is -2.38. The van der Waals surface area contributed by atoms with Crippen molar-refractivity contribution >= 4 is 30.0 Å². The molecule has 0 fully saturated rings. The van der Waals surface area contributed by atoms with E-state index in [4.69, 9.17) is 4.43 Å². The Labute approximate surface area is 156 Å². The van der Waals surface area contributed by atoms with Crippen LogP contribution in [0.2, 0.25) is 5.04 Å². The van der Waals surface area contributed by atoms with Crippen molar-refractivity contribution in [1.29, 1.82) is 0 Å². The van der Waals surface area contributed by atoms with Crippen LogP contribution in [0.5, 0.6) is 0 Å². The van der Waals surface area contributed by atoms with E-state index in [1.165, 1.54) is 15.3 Å². The van der Waals surface area contributed by atoms with E-state index in [-0.39, 0.29) is 5.04 Å². The standard InChI is InChI=1S/C22H26OSSi/c1-22(2,3)25(20-12-6-4-7-13-20,21-14-8-5-9-15-21)23-17-16-19-11-10-18-24-19/h4-15,18H,16-17H2,1-3H3. The first-order valence-corrected chi connectivity index (χ1v) is 11.6. The van der Waals surface area contributed by atoms with Crippen LogP contribution in [-0.2, 0) is 10.8 Å². The summed E-state index contributed by atoms with van der Waals surface area (Å²) < 4.78 is 6.89. The molecule has 0 unspecified atom stereocenters. The molecule has 1 nitrogen and oxygen atoms in total. The van der Waals surface area contributed by atoms with Crippen LogP contribution < -0.4 is 10.4 Å². The van der Waals surface area contributed by atoms with E-state index in [0.29, 0.717) is 0 Å². The van der Waals surface area contributed by atoms with Gasteiger partial charge in [0.05, 0.1) is 0 Å². The zero-order valence-corrected chi connectivity index (χ0v) is 17.1. The Morgan fingerprint density at radius 2 is 1.36 bits per heavy atom. The molecule has 130 valence electrons. The molecule has 0 N–H and O–H groups in total. The molecule has 1 aromatic heterocycles. The van der Waals surface area contributed by atoms with Crippen LogP contribution in [0, 0.1) is 0 Å². The fourth-order valence-corrected chi connectivity index (χ4v) is 8.78. The van der Waals surface area contributed by atoms with Crippen LogP contribution in [0.3, 0.4) is 0 Å². The zero-order valence-electron chi connectivity index (χ0n) is 15.2. The van der Waals surface area contributed by atoms with Gasteiger partial charge in [0.2, 0.25) is 0 Å². The van der Waals surface area contributed by atoms with Crippen molar-refractivity contribution in [3.63, 3.8) is 0 Å². The van der Waals surface area contributed by atoms with Crippen molar-refractivity contribution in [1.82, 2.24) is 0 Å². The van der Waals surface area contributed by atoms with E-state index >= 15 is 0 Å². The minimum absolute atomic E-state index is 0.0468. The summed E-state index contributed by atoms with van der Waals surface area (Å²) in [6, 6.07) is 26.0. The van der Waals surface area contributed by atoms with E-state index < -0.39 is 8.32 Å². The van der Waals surface area contributed by atoms with Gasteiger partial charge in [-0.3, -0.25) is 0 Å². The Kier molecular flexibility index (Phi) is 5.57. The average molecular weight is 367 g/mol. The molecule has 0 saturated heterocycles. The van der Waals surface area contributed by atoms with Crippen molar-refractivity contribution in [2.75, 3.05) is 6.61 Å². The van der Waals surface area contributed by atoms with E-state index in [0.717, 1.165) is 13.0 Å². The summed E-state index contributed by atoms with van der Waals surface area (Å²) in [5, 5.41) is 4.88. The maximum absolute atomic E-state index is 6.89. The van der Waals surface area contributed by atoms with Gasteiger partial charge in [0.1, 0.15) is 0 Å². The third-order valence-electron chi connectivity index (χ3n) is 4.66. The summed E-state index contributed by atoms with van der Waals surface area (Å²) in [7, 11) is -2.38. The van der Waals surface area contributed by atoms with Gasteiger partial charge in [-0.15, -0.1) is 11.3 Å². The second-order valence-corrected chi connectivity index (χ2v) is 12.7. The molecule has 0 amide bonds. The maximum Gasteiger partial charge on any atom is 0.261 e. The lowest BCUT2D eigenvalue weighted by Gasteiger charge is -2.43. The number of thiophene rings is 1. The Morgan fingerprint density at radius 1 is 0.800 bits per heavy atom. The van der Waals surface area contributed by atoms with Crippen molar-refractivity contribution < 1.29 is 4.43 Å². The minimum Gasteiger partial charge on any atom is -0.407 e. The highest BCUT2D eigenvalue weighted by atomic mass is 32.1. The van der Waals surface area contributed by atoms with E-state index in [2.05, 4.69) is 98.9 Å². The molecular weight excluding hydrogens is 340 g/mol. The number of rotatable bonds is 6. The summed E-state index contributed by atoms with van der Waals surface area (Å²) in [5.74, 6) is 0. The van der Waals surface area contributed by atoms with Gasteiger partial charge in [0.15, 0.2) is 0 Å². The fourth-order valence-electron chi connectivity index (χ4n) is 3.52. The monoisotopic (exact) mass is 366 g/mol. The molecule has 0 aliphatic rings. The average Bonchev–Trinajstić information content (AvgIpc) is 3.13. The first-order chi connectivity index (χ1) is 12.0. The summed E-state index contributed by atoms with van der Waals surface area (Å²) in [6.45, 7) is 7.73. The summed E-state index contributed by atoms with van der Waals surface area (Å²) in [5.41, 5.74) is 0. The Hall–Kier alpha value is -1.68. The van der Waals surface area contributed by atoms with Crippen LogP contribution in [-0.4, -0.2) is 14.9 Å². The fraction of sp³-hybridized carbons (Fsp3) is 0.273. The highest BCUT2D eigenvalue weighted by Crippen LogP contribution is 2.36. The Morgan fingerprint density at radius 3 is 1.80 bits per heavy atom. The molecule has 3 heteroatoms. The normalized spacial score (nSPS) is 12.3. The lowest BCUT2D eigenvalue weighted by molar-refractivity contribution is 0.303. The predicted molar refractivity (Wildman–Crippen MR) is 112 cm³/mol. The molecule has 0 aliphatic carbocycles. The first kappa shape index (κ1) is 18.1. The van der Waals surface area contributed by atoms with Gasteiger partial charge < -0.3 is 4.43 Å². The summed E-state index contributed by atoms with van der Waals surface area (Å²) >= 11 is 1.81. The Balaban J connectivity index is 2.02. The van der Waals surface area contributed by atoms with E-state index in [1.54, 1.807) is 0 Å². The number of benzene rings is 2. The Bertz CT molecular complexity index is 721. The highest BCUT2D eigenvalue weighted by Gasteiger charge is 2.49. The molecule has 25 heavy (non-hydrogen) atoms. The third-order valence-corrected chi connectivity index (χ3v) is 10.6. The molecule has 0 radical (unpaired) electrons. The molecule has 0 atom stereocenters. The second-order valence-electron chi connectivity index (χ2n) is 7.34. The van der Waals surface area contributed by atoms with Crippen molar-refractivity contribution in [3.8, 4) is 0 Å². The van der Waals surface area contributed by atoms with Gasteiger partial charge in [-0.2, -0.15) is 0 Å². The van der Waals surface area contributed by atoms with Gasteiger partial charge in [0.25, 0.3) is 8.32 Å². The number of hydrogen-bond acceptors (Lipinski definition) is 2. The topological polar surface area (TPSA) is 9.23 Å². The summed E-state index contributed by atoms with van der Waals surface area (Å²) in [6.07, 6.45) is 0.974. The molecule has 3 aromatic rings. The van der Waals surface area contributed by atoms with Crippen LogP contribution in [0.4, 0.5) is 0 Å². The smallest absolute Gasteiger partial charge is 0.261 e. The van der Waals surface area contributed by atoms with Gasteiger partial charge in [-0.1, -0.05) is 87.5 Å². The molecule has 3 rings (SSSR count). The molecule has 0 bridgehead atoms. The molecule has 0 aliphatic heterocycles. The highest BCUT2D eigenvalue weighted by molar-refractivity contribution is 7.09. The first-order valence-electron chi connectivity index (χ1n) is 8.81. The molecule has 0 spiro atoms. The van der Waals surface area contributed by atoms with Crippen LogP contribution >= 0.6 is 11.3 Å². The summed E-state index contributed by atoms with van der Waals surface area (Å²) in [4.78, 5) is 1.39. The lowest BCUT2D eigenvalue weighted by atomic mass is 10.2. The van der Waals surface area contributed by atoms with E-state index in [9.17, 15) is 0 Å². The van der Waals surface area contributed by atoms with Crippen LogP contribution in [0.15, 0.2) is 78.2 Å². The van der Waals surface area contributed by atoms with Gasteiger partial charge >= 0.3 is 0 Å². The van der Waals surface area contributed by atoms with Crippen LogP contribution in [0.25, 0.3) is 0 Å². The van der Waals surface area contributed by atoms with E-state index in [1.807, 2.05) is 11.3 Å².